The topological polar surface area (TPSA) is 29.5 Å². The minimum atomic E-state index is 0.111. The van der Waals surface area contributed by atoms with Crippen molar-refractivity contribution < 1.29 is 9.84 Å². The lowest BCUT2D eigenvalue weighted by Crippen LogP contribution is -1.79. The van der Waals surface area contributed by atoms with E-state index in [1.165, 1.54) is 0 Å². The van der Waals surface area contributed by atoms with E-state index in [9.17, 15) is 0 Å². The summed E-state index contributed by atoms with van der Waals surface area (Å²) in [4.78, 5) is 0. The molecule has 0 aliphatic rings. The van der Waals surface area contributed by atoms with Crippen LogP contribution in [0.3, 0.4) is 0 Å². The van der Waals surface area contributed by atoms with Crippen LogP contribution >= 0.6 is 0 Å². The molecule has 0 bridgehead atoms. The van der Waals surface area contributed by atoms with E-state index in [-0.39, 0.29) is 6.61 Å². The molecule has 46 valence electrons. The molecule has 0 aromatic carbocycles. The van der Waals surface area contributed by atoms with Gasteiger partial charge in [-0.2, -0.15) is 0 Å². The second-order valence-electron chi connectivity index (χ2n) is 1.19. The fraction of sp³-hybridized carbons (Fsp3) is 0.667. The van der Waals surface area contributed by atoms with Crippen LogP contribution in [0.5, 0.6) is 0 Å². The summed E-state index contributed by atoms with van der Waals surface area (Å²) in [6, 6.07) is 0. The highest BCUT2D eigenvalue weighted by Gasteiger charge is 1.69. The van der Waals surface area contributed by atoms with Crippen LogP contribution in [-0.2, 0) is 4.74 Å². The van der Waals surface area contributed by atoms with E-state index >= 15 is 0 Å². The smallest absolute Gasteiger partial charge is 0.110 e. The van der Waals surface area contributed by atoms with Gasteiger partial charge in [0.2, 0.25) is 0 Å². The lowest BCUT2D eigenvalue weighted by atomic mass is 10.5. The average Bonchev–Trinajstić information content (AvgIpc) is 1.81. The van der Waals surface area contributed by atoms with Gasteiger partial charge in [0.05, 0.1) is 13.2 Å². The van der Waals surface area contributed by atoms with Crippen molar-refractivity contribution in [2.75, 3.05) is 13.2 Å². The maximum atomic E-state index is 8.21. The average molecular weight is 114 g/mol. The molecule has 0 saturated carbocycles. The summed E-state index contributed by atoms with van der Waals surface area (Å²) in [5.74, 6) is 2.61. The van der Waals surface area contributed by atoms with Crippen LogP contribution in [0, 0.1) is 12.0 Å². The Balaban J connectivity index is 2.95. The molecule has 0 unspecified atom stereocenters. The normalized spacial score (nSPS) is 7.25. The molecule has 2 nitrogen and oxygen atoms in total. The number of aliphatic hydroxyl groups excluding tert-OH is 1. The summed E-state index contributed by atoms with van der Waals surface area (Å²) in [5, 5.41) is 8.21. The highest BCUT2D eigenvalue weighted by molar-refractivity contribution is 4.90. The first-order valence-corrected chi connectivity index (χ1v) is 2.62. The third kappa shape index (κ3) is 5.32. The van der Waals surface area contributed by atoms with Gasteiger partial charge >= 0.3 is 0 Å². The summed E-state index contributed by atoms with van der Waals surface area (Å²) in [6.07, 6.45) is 2.93. The van der Waals surface area contributed by atoms with Crippen LogP contribution in [0.25, 0.3) is 0 Å². The second kappa shape index (κ2) is 6.32. The zero-order valence-corrected chi connectivity index (χ0v) is 4.98. The quantitative estimate of drug-likeness (QED) is 0.525. The van der Waals surface area contributed by atoms with Crippen molar-refractivity contribution in [1.29, 1.82) is 0 Å². The SMILES string of the molecule is CCOC#CCCO. The van der Waals surface area contributed by atoms with Crippen molar-refractivity contribution in [1.82, 2.24) is 0 Å². The zero-order valence-electron chi connectivity index (χ0n) is 4.98. The van der Waals surface area contributed by atoms with Gasteiger partial charge in [0.25, 0.3) is 0 Å². The fourth-order valence-corrected chi connectivity index (χ4v) is 0.230. The number of ether oxygens (including phenoxy) is 1. The number of hydrogen-bond donors (Lipinski definition) is 1. The molecule has 0 amide bonds. The summed E-state index contributed by atoms with van der Waals surface area (Å²) in [5.41, 5.74) is 0. The Labute approximate surface area is 49.5 Å². The van der Waals surface area contributed by atoms with Crippen LogP contribution < -0.4 is 0 Å². The molecule has 0 aliphatic heterocycles. The van der Waals surface area contributed by atoms with Gasteiger partial charge in [0.1, 0.15) is 6.11 Å². The van der Waals surface area contributed by atoms with Crippen molar-refractivity contribution in [3.8, 4) is 12.0 Å². The van der Waals surface area contributed by atoms with E-state index in [0.29, 0.717) is 13.0 Å². The van der Waals surface area contributed by atoms with Gasteiger partial charge < -0.3 is 9.84 Å². The molecule has 0 spiro atoms. The lowest BCUT2D eigenvalue weighted by molar-refractivity contribution is 0.292. The fourth-order valence-electron chi connectivity index (χ4n) is 0.230. The van der Waals surface area contributed by atoms with E-state index in [1.807, 2.05) is 6.92 Å². The molecule has 0 rings (SSSR count). The molecule has 0 aliphatic carbocycles. The molecule has 8 heavy (non-hydrogen) atoms. The Morgan fingerprint density at radius 2 is 2.38 bits per heavy atom. The van der Waals surface area contributed by atoms with Gasteiger partial charge in [-0.1, -0.05) is 5.92 Å². The van der Waals surface area contributed by atoms with Gasteiger partial charge in [0, 0.05) is 6.42 Å². The molecule has 0 aromatic heterocycles. The Kier molecular flexibility index (Phi) is 5.78. The Hall–Kier alpha value is -0.680. The molecule has 0 aromatic rings. The van der Waals surface area contributed by atoms with Crippen LogP contribution in [0.4, 0.5) is 0 Å². The molecule has 0 saturated heterocycles. The van der Waals surface area contributed by atoms with Gasteiger partial charge in [0.15, 0.2) is 0 Å². The Bertz CT molecular complexity index is 78.4. The molecule has 1 N–H and O–H groups in total. The van der Waals surface area contributed by atoms with E-state index in [2.05, 4.69) is 16.8 Å². The van der Waals surface area contributed by atoms with E-state index in [1.54, 1.807) is 0 Å². The van der Waals surface area contributed by atoms with Crippen LogP contribution in [0.1, 0.15) is 13.3 Å². The Morgan fingerprint density at radius 3 is 2.88 bits per heavy atom. The molecular weight excluding hydrogens is 104 g/mol. The van der Waals surface area contributed by atoms with Gasteiger partial charge in [-0.3, -0.25) is 0 Å². The third-order valence-corrected chi connectivity index (χ3v) is 0.525. The van der Waals surface area contributed by atoms with Crippen LogP contribution in [0.15, 0.2) is 0 Å². The summed E-state index contributed by atoms with van der Waals surface area (Å²) >= 11 is 0. The molecule has 2 heteroatoms. The molecule has 0 radical (unpaired) electrons. The number of rotatable bonds is 2. The Morgan fingerprint density at radius 1 is 1.62 bits per heavy atom. The monoisotopic (exact) mass is 114 g/mol. The summed E-state index contributed by atoms with van der Waals surface area (Å²) in [6.45, 7) is 2.59. The molecule has 0 atom stereocenters. The zero-order chi connectivity index (χ0) is 6.24. The first-order valence-electron chi connectivity index (χ1n) is 2.62. The third-order valence-electron chi connectivity index (χ3n) is 0.525. The lowest BCUT2D eigenvalue weighted by Gasteiger charge is -1.83. The van der Waals surface area contributed by atoms with E-state index in [4.69, 9.17) is 5.11 Å². The van der Waals surface area contributed by atoms with E-state index in [0.717, 1.165) is 0 Å². The van der Waals surface area contributed by atoms with Gasteiger partial charge in [-0.25, -0.2) is 0 Å². The molecule has 0 fully saturated rings. The van der Waals surface area contributed by atoms with Crippen LogP contribution in [-0.4, -0.2) is 18.3 Å². The van der Waals surface area contributed by atoms with Crippen molar-refractivity contribution in [2.45, 2.75) is 13.3 Å². The minimum absolute atomic E-state index is 0.111. The maximum absolute atomic E-state index is 8.21. The summed E-state index contributed by atoms with van der Waals surface area (Å²) in [7, 11) is 0. The predicted octanol–water partition coefficient (Wildman–Crippen LogP) is 0.366. The van der Waals surface area contributed by atoms with Crippen molar-refractivity contribution in [3.63, 3.8) is 0 Å². The predicted molar refractivity (Wildman–Crippen MR) is 31.1 cm³/mol. The summed E-state index contributed by atoms with van der Waals surface area (Å²) < 4.78 is 4.66. The number of hydrogen-bond acceptors (Lipinski definition) is 2. The molecular formula is C6H10O2. The standard InChI is InChI=1S/C6H10O2/c1-2-8-6-4-3-5-7/h7H,2-3,5H2,1H3. The van der Waals surface area contributed by atoms with Crippen molar-refractivity contribution in [2.24, 2.45) is 0 Å². The van der Waals surface area contributed by atoms with Gasteiger partial charge in [-0.15, -0.1) is 0 Å². The van der Waals surface area contributed by atoms with Crippen molar-refractivity contribution >= 4 is 0 Å². The highest BCUT2D eigenvalue weighted by Crippen LogP contribution is 1.70. The largest absolute Gasteiger partial charge is 0.447 e. The minimum Gasteiger partial charge on any atom is -0.447 e. The van der Waals surface area contributed by atoms with E-state index < -0.39 is 0 Å². The first-order chi connectivity index (χ1) is 3.91. The molecule has 0 heterocycles. The maximum Gasteiger partial charge on any atom is 0.110 e. The van der Waals surface area contributed by atoms with Gasteiger partial charge in [-0.05, 0) is 6.92 Å². The first kappa shape index (κ1) is 7.32. The highest BCUT2D eigenvalue weighted by atomic mass is 16.5. The number of aliphatic hydroxyl groups is 1. The van der Waals surface area contributed by atoms with Crippen molar-refractivity contribution in [3.05, 3.63) is 0 Å². The second-order valence-corrected chi connectivity index (χ2v) is 1.19. The van der Waals surface area contributed by atoms with Crippen LogP contribution in [0.2, 0.25) is 0 Å².